The van der Waals surface area contributed by atoms with Crippen LogP contribution in [-0.4, -0.2) is 18.4 Å². The van der Waals surface area contributed by atoms with E-state index in [1.165, 1.54) is 0 Å². The Morgan fingerprint density at radius 1 is 0.968 bits per heavy atom. The zero-order valence-electron chi connectivity index (χ0n) is 17.4. The van der Waals surface area contributed by atoms with Gasteiger partial charge in [0.2, 0.25) is 11.8 Å². The third-order valence-corrected chi connectivity index (χ3v) is 5.44. The summed E-state index contributed by atoms with van der Waals surface area (Å²) in [5.74, 6) is 0.747. The fourth-order valence-electron chi connectivity index (χ4n) is 3.73. The van der Waals surface area contributed by atoms with Gasteiger partial charge in [0.15, 0.2) is 0 Å². The number of benzene rings is 3. The highest BCUT2D eigenvalue weighted by atomic mass is 35.5. The number of nitrogens with one attached hydrogen (secondary N) is 1. The Labute approximate surface area is 186 Å². The van der Waals surface area contributed by atoms with Crippen molar-refractivity contribution in [1.29, 1.82) is 0 Å². The number of hydrogen-bond donors (Lipinski definition) is 1. The molecular formula is C25H23ClN2O3. The van der Waals surface area contributed by atoms with Crippen LogP contribution in [0.4, 0.5) is 11.4 Å². The molecule has 1 aliphatic rings. The Balaban J connectivity index is 1.38. The summed E-state index contributed by atoms with van der Waals surface area (Å²) in [6, 6.07) is 20.2. The summed E-state index contributed by atoms with van der Waals surface area (Å²) in [4.78, 5) is 27.0. The maximum absolute atomic E-state index is 12.7. The molecule has 0 saturated carbocycles. The molecule has 1 atom stereocenters. The zero-order chi connectivity index (χ0) is 22.0. The molecule has 6 heteroatoms. The average Bonchev–Trinajstić information content (AvgIpc) is 3.12. The highest BCUT2D eigenvalue weighted by Crippen LogP contribution is 2.28. The molecule has 1 aliphatic heterocycles. The minimum atomic E-state index is -0.390. The molecule has 0 unspecified atom stereocenters. The SMILES string of the molecule is Cc1cc(C)cc(N2C[C@H](C(=O)Nc3ccc(Oc4ccc(Cl)cc4)cc3)CC2=O)c1. The molecule has 31 heavy (non-hydrogen) atoms. The van der Waals surface area contributed by atoms with Crippen LogP contribution in [0.1, 0.15) is 17.5 Å². The number of carbonyl (C=O) groups excluding carboxylic acids is 2. The van der Waals surface area contributed by atoms with E-state index in [2.05, 4.69) is 11.4 Å². The zero-order valence-corrected chi connectivity index (χ0v) is 18.1. The Morgan fingerprint density at radius 2 is 1.55 bits per heavy atom. The van der Waals surface area contributed by atoms with Crippen LogP contribution in [-0.2, 0) is 9.59 Å². The molecule has 0 spiro atoms. The van der Waals surface area contributed by atoms with Gasteiger partial charge in [0.1, 0.15) is 11.5 Å². The number of halogens is 1. The van der Waals surface area contributed by atoms with Gasteiger partial charge in [-0.2, -0.15) is 0 Å². The van der Waals surface area contributed by atoms with Gasteiger partial charge in [-0.1, -0.05) is 17.7 Å². The van der Waals surface area contributed by atoms with Crippen molar-refractivity contribution in [3.8, 4) is 11.5 Å². The quantitative estimate of drug-likeness (QED) is 0.557. The smallest absolute Gasteiger partial charge is 0.229 e. The monoisotopic (exact) mass is 434 g/mol. The summed E-state index contributed by atoms with van der Waals surface area (Å²) in [5.41, 5.74) is 3.69. The lowest BCUT2D eigenvalue weighted by atomic mass is 10.1. The lowest BCUT2D eigenvalue weighted by Gasteiger charge is -2.18. The first-order valence-corrected chi connectivity index (χ1v) is 10.5. The fourth-order valence-corrected chi connectivity index (χ4v) is 3.85. The van der Waals surface area contributed by atoms with Crippen molar-refractivity contribution in [2.75, 3.05) is 16.8 Å². The summed E-state index contributed by atoms with van der Waals surface area (Å²) in [6.45, 7) is 4.38. The first-order chi connectivity index (χ1) is 14.9. The lowest BCUT2D eigenvalue weighted by Crippen LogP contribution is -2.28. The molecule has 1 fully saturated rings. The maximum atomic E-state index is 12.7. The summed E-state index contributed by atoms with van der Waals surface area (Å²) in [7, 11) is 0. The predicted octanol–water partition coefficient (Wildman–Crippen LogP) is 5.74. The van der Waals surface area contributed by atoms with E-state index in [0.29, 0.717) is 28.8 Å². The molecule has 3 aromatic carbocycles. The van der Waals surface area contributed by atoms with Crippen LogP contribution in [0.25, 0.3) is 0 Å². The van der Waals surface area contributed by atoms with Gasteiger partial charge in [0, 0.05) is 29.4 Å². The van der Waals surface area contributed by atoms with Gasteiger partial charge in [-0.05, 0) is 85.6 Å². The molecule has 0 aliphatic carbocycles. The number of carbonyl (C=O) groups is 2. The number of nitrogens with zero attached hydrogens (tertiary/aromatic N) is 1. The van der Waals surface area contributed by atoms with E-state index in [9.17, 15) is 9.59 Å². The van der Waals surface area contributed by atoms with Crippen LogP contribution in [0.5, 0.6) is 11.5 Å². The van der Waals surface area contributed by atoms with Crippen molar-refractivity contribution >= 4 is 34.8 Å². The van der Waals surface area contributed by atoms with Gasteiger partial charge < -0.3 is 15.0 Å². The van der Waals surface area contributed by atoms with Crippen LogP contribution < -0.4 is 15.0 Å². The highest BCUT2D eigenvalue weighted by Gasteiger charge is 2.35. The first kappa shape index (κ1) is 20.9. The van der Waals surface area contributed by atoms with Crippen molar-refractivity contribution in [1.82, 2.24) is 0 Å². The van der Waals surface area contributed by atoms with Gasteiger partial charge in [-0.15, -0.1) is 0 Å². The topological polar surface area (TPSA) is 58.6 Å². The van der Waals surface area contributed by atoms with E-state index >= 15 is 0 Å². The third-order valence-electron chi connectivity index (χ3n) is 5.19. The molecule has 1 saturated heterocycles. The van der Waals surface area contributed by atoms with E-state index in [0.717, 1.165) is 16.8 Å². The molecule has 0 radical (unpaired) electrons. The lowest BCUT2D eigenvalue weighted by molar-refractivity contribution is -0.122. The molecule has 4 rings (SSSR count). The molecule has 0 aromatic heterocycles. The maximum Gasteiger partial charge on any atom is 0.229 e. The van der Waals surface area contributed by atoms with Gasteiger partial charge in [0.05, 0.1) is 5.92 Å². The molecule has 158 valence electrons. The summed E-state index contributed by atoms with van der Waals surface area (Å²) >= 11 is 5.88. The number of aryl methyl sites for hydroxylation is 2. The van der Waals surface area contributed by atoms with Crippen molar-refractivity contribution in [3.05, 3.63) is 82.9 Å². The van der Waals surface area contributed by atoms with Crippen LogP contribution in [0.15, 0.2) is 66.7 Å². The second-order valence-electron chi connectivity index (χ2n) is 7.82. The molecule has 0 bridgehead atoms. The van der Waals surface area contributed by atoms with E-state index in [1.807, 2.05) is 26.0 Å². The first-order valence-electron chi connectivity index (χ1n) is 10.1. The molecular weight excluding hydrogens is 412 g/mol. The van der Waals surface area contributed by atoms with E-state index in [4.69, 9.17) is 16.3 Å². The number of rotatable bonds is 5. The Morgan fingerprint density at radius 3 is 2.16 bits per heavy atom. The Bertz CT molecular complexity index is 1090. The van der Waals surface area contributed by atoms with Crippen LogP contribution in [0, 0.1) is 19.8 Å². The van der Waals surface area contributed by atoms with Crippen LogP contribution >= 0.6 is 11.6 Å². The van der Waals surface area contributed by atoms with Crippen LogP contribution in [0.2, 0.25) is 5.02 Å². The molecule has 1 N–H and O–H groups in total. The van der Waals surface area contributed by atoms with Crippen molar-refractivity contribution in [3.63, 3.8) is 0 Å². The van der Waals surface area contributed by atoms with E-state index in [1.54, 1.807) is 53.4 Å². The molecule has 5 nitrogen and oxygen atoms in total. The number of ether oxygens (including phenoxy) is 1. The minimum Gasteiger partial charge on any atom is -0.457 e. The Kier molecular flexibility index (Phi) is 5.96. The van der Waals surface area contributed by atoms with Crippen molar-refractivity contribution in [2.45, 2.75) is 20.3 Å². The van der Waals surface area contributed by atoms with Crippen molar-refractivity contribution in [2.24, 2.45) is 5.92 Å². The van der Waals surface area contributed by atoms with Crippen LogP contribution in [0.3, 0.4) is 0 Å². The van der Waals surface area contributed by atoms with Gasteiger partial charge in [-0.3, -0.25) is 9.59 Å². The molecule has 3 aromatic rings. The summed E-state index contributed by atoms with van der Waals surface area (Å²) in [6.07, 6.45) is 0.205. The molecule has 1 heterocycles. The Hall–Kier alpha value is -3.31. The standard InChI is InChI=1S/C25H23ClN2O3/c1-16-11-17(2)13-21(12-16)28-15-18(14-24(28)29)25(30)27-20-5-9-23(10-6-20)31-22-7-3-19(26)4-8-22/h3-13,18H,14-15H2,1-2H3,(H,27,30)/t18-/m1/s1. The number of anilines is 2. The summed E-state index contributed by atoms with van der Waals surface area (Å²) in [5, 5.41) is 3.55. The average molecular weight is 435 g/mol. The van der Waals surface area contributed by atoms with Gasteiger partial charge >= 0.3 is 0 Å². The van der Waals surface area contributed by atoms with Crippen molar-refractivity contribution < 1.29 is 14.3 Å². The largest absolute Gasteiger partial charge is 0.457 e. The van der Waals surface area contributed by atoms with Gasteiger partial charge in [-0.25, -0.2) is 0 Å². The van der Waals surface area contributed by atoms with E-state index in [-0.39, 0.29) is 18.2 Å². The van der Waals surface area contributed by atoms with E-state index < -0.39 is 5.92 Å². The number of hydrogen-bond acceptors (Lipinski definition) is 3. The second-order valence-corrected chi connectivity index (χ2v) is 8.26. The summed E-state index contributed by atoms with van der Waals surface area (Å²) < 4.78 is 5.77. The fraction of sp³-hybridized carbons (Fsp3) is 0.200. The molecule has 2 amide bonds. The highest BCUT2D eigenvalue weighted by molar-refractivity contribution is 6.30. The minimum absolute atomic E-state index is 0.0307. The van der Waals surface area contributed by atoms with Gasteiger partial charge in [0.25, 0.3) is 0 Å². The normalized spacial score (nSPS) is 15.8. The second kappa shape index (κ2) is 8.82. The third kappa shape index (κ3) is 5.06. The number of amides is 2. The predicted molar refractivity (Wildman–Crippen MR) is 123 cm³/mol.